The van der Waals surface area contributed by atoms with Crippen molar-refractivity contribution in [1.29, 1.82) is 0 Å². The van der Waals surface area contributed by atoms with E-state index in [0.717, 1.165) is 25.9 Å². The Balaban J connectivity index is 1.56. The lowest BCUT2D eigenvalue weighted by atomic mass is 9.90. The fourth-order valence-electron chi connectivity index (χ4n) is 4.07. The highest BCUT2D eigenvalue weighted by Gasteiger charge is 2.32. The lowest BCUT2D eigenvalue weighted by Gasteiger charge is -2.35. The number of amides is 3. The van der Waals surface area contributed by atoms with E-state index in [0.29, 0.717) is 37.2 Å². The highest BCUT2D eigenvalue weighted by Crippen LogP contribution is 2.25. The van der Waals surface area contributed by atoms with Crippen LogP contribution in [0.3, 0.4) is 0 Å². The van der Waals surface area contributed by atoms with Crippen molar-refractivity contribution in [2.24, 2.45) is 11.3 Å². The molecule has 0 radical (unpaired) electrons. The van der Waals surface area contributed by atoms with Gasteiger partial charge >= 0.3 is 0 Å². The highest BCUT2D eigenvalue weighted by molar-refractivity contribution is 5.97. The van der Waals surface area contributed by atoms with E-state index in [9.17, 15) is 14.4 Å². The molecule has 0 bridgehead atoms. The van der Waals surface area contributed by atoms with Crippen LogP contribution in [0, 0.1) is 11.3 Å². The number of likely N-dealkylation sites (tertiary alicyclic amines) is 2. The van der Waals surface area contributed by atoms with E-state index in [4.69, 9.17) is 0 Å². The van der Waals surface area contributed by atoms with Crippen molar-refractivity contribution in [3.05, 3.63) is 29.8 Å². The van der Waals surface area contributed by atoms with Crippen molar-refractivity contribution in [1.82, 2.24) is 9.80 Å². The molecule has 1 aromatic carbocycles. The van der Waals surface area contributed by atoms with Crippen molar-refractivity contribution in [3.63, 3.8) is 0 Å². The zero-order valence-corrected chi connectivity index (χ0v) is 17.9. The SMILES string of the molecule is CC(C)(C)C(=O)N1CCC(C(=O)Nc2cccc(C(=O)N3CCCCC3)c2)CC1. The van der Waals surface area contributed by atoms with Crippen LogP contribution >= 0.6 is 0 Å². The van der Waals surface area contributed by atoms with Gasteiger partial charge in [-0.15, -0.1) is 0 Å². The number of carbonyl (C=O) groups excluding carboxylic acids is 3. The summed E-state index contributed by atoms with van der Waals surface area (Å²) in [7, 11) is 0. The zero-order chi connectivity index (χ0) is 21.0. The molecule has 3 rings (SSSR count). The van der Waals surface area contributed by atoms with Gasteiger partial charge in [0.25, 0.3) is 5.91 Å². The average Bonchev–Trinajstić information content (AvgIpc) is 2.73. The molecule has 2 fully saturated rings. The van der Waals surface area contributed by atoms with Gasteiger partial charge in [-0.1, -0.05) is 26.8 Å². The average molecular weight is 400 g/mol. The van der Waals surface area contributed by atoms with Crippen LogP contribution in [-0.4, -0.2) is 53.7 Å². The number of piperidine rings is 2. The van der Waals surface area contributed by atoms with E-state index < -0.39 is 5.41 Å². The summed E-state index contributed by atoms with van der Waals surface area (Å²) in [6.45, 7) is 8.61. The molecule has 0 unspecified atom stereocenters. The topological polar surface area (TPSA) is 69.7 Å². The number of nitrogens with zero attached hydrogens (tertiary/aromatic N) is 2. The Bertz CT molecular complexity index is 755. The predicted molar refractivity (Wildman–Crippen MR) is 114 cm³/mol. The maximum absolute atomic E-state index is 12.7. The second-order valence-electron chi connectivity index (χ2n) is 9.24. The summed E-state index contributed by atoms with van der Waals surface area (Å²) in [4.78, 5) is 41.6. The molecular weight excluding hydrogens is 366 g/mol. The van der Waals surface area contributed by atoms with Crippen LogP contribution in [0.5, 0.6) is 0 Å². The minimum Gasteiger partial charge on any atom is -0.342 e. The van der Waals surface area contributed by atoms with Crippen LogP contribution < -0.4 is 5.32 Å². The number of anilines is 1. The van der Waals surface area contributed by atoms with Gasteiger partial charge in [-0.2, -0.15) is 0 Å². The van der Waals surface area contributed by atoms with Gasteiger partial charge < -0.3 is 15.1 Å². The van der Waals surface area contributed by atoms with E-state index in [1.807, 2.05) is 48.8 Å². The minimum atomic E-state index is -0.392. The fraction of sp³-hybridized carbons (Fsp3) is 0.609. The largest absolute Gasteiger partial charge is 0.342 e. The Morgan fingerprint density at radius 2 is 1.59 bits per heavy atom. The van der Waals surface area contributed by atoms with Crippen molar-refractivity contribution in [2.75, 3.05) is 31.5 Å². The monoisotopic (exact) mass is 399 g/mol. The van der Waals surface area contributed by atoms with Crippen LogP contribution in [0.15, 0.2) is 24.3 Å². The normalized spacial score (nSPS) is 18.4. The van der Waals surface area contributed by atoms with Crippen LogP contribution in [0.4, 0.5) is 5.69 Å². The van der Waals surface area contributed by atoms with Gasteiger partial charge in [0, 0.05) is 48.8 Å². The lowest BCUT2D eigenvalue weighted by molar-refractivity contribution is -0.142. The first kappa shape index (κ1) is 21.3. The smallest absolute Gasteiger partial charge is 0.253 e. The van der Waals surface area contributed by atoms with E-state index in [1.54, 1.807) is 6.07 Å². The van der Waals surface area contributed by atoms with Crippen molar-refractivity contribution in [2.45, 2.75) is 52.9 Å². The third-order valence-electron chi connectivity index (χ3n) is 5.81. The molecule has 6 heteroatoms. The first-order chi connectivity index (χ1) is 13.8. The van der Waals surface area contributed by atoms with E-state index >= 15 is 0 Å². The third-order valence-corrected chi connectivity index (χ3v) is 5.81. The predicted octanol–water partition coefficient (Wildman–Crippen LogP) is 3.54. The summed E-state index contributed by atoms with van der Waals surface area (Å²) < 4.78 is 0. The molecule has 0 saturated carbocycles. The summed E-state index contributed by atoms with van der Waals surface area (Å²) in [6, 6.07) is 7.22. The molecule has 2 heterocycles. The molecule has 0 aliphatic carbocycles. The van der Waals surface area contributed by atoms with Crippen molar-refractivity contribution < 1.29 is 14.4 Å². The van der Waals surface area contributed by atoms with E-state index in [-0.39, 0.29) is 23.6 Å². The molecule has 0 spiro atoms. The van der Waals surface area contributed by atoms with E-state index in [2.05, 4.69) is 5.32 Å². The minimum absolute atomic E-state index is 0.0320. The number of carbonyl (C=O) groups is 3. The molecule has 2 aliphatic heterocycles. The Morgan fingerprint density at radius 1 is 0.931 bits per heavy atom. The Hall–Kier alpha value is -2.37. The standard InChI is InChI=1S/C23H33N3O3/c1-23(2,3)22(29)26-14-10-17(11-15-26)20(27)24-19-9-7-8-18(16-19)21(28)25-12-5-4-6-13-25/h7-9,16-17H,4-6,10-15H2,1-3H3,(H,24,27). The molecule has 6 nitrogen and oxygen atoms in total. The summed E-state index contributed by atoms with van der Waals surface area (Å²) >= 11 is 0. The maximum Gasteiger partial charge on any atom is 0.253 e. The molecule has 2 aliphatic rings. The number of hydrogen-bond acceptors (Lipinski definition) is 3. The van der Waals surface area contributed by atoms with Crippen LogP contribution in [0.2, 0.25) is 0 Å². The van der Waals surface area contributed by atoms with Crippen LogP contribution in [0.1, 0.15) is 63.2 Å². The second kappa shape index (κ2) is 8.97. The van der Waals surface area contributed by atoms with E-state index in [1.165, 1.54) is 6.42 Å². The van der Waals surface area contributed by atoms with Gasteiger partial charge in [0.1, 0.15) is 0 Å². The molecular formula is C23H33N3O3. The first-order valence-corrected chi connectivity index (χ1v) is 10.8. The van der Waals surface area contributed by atoms with Gasteiger partial charge in [-0.05, 0) is 50.3 Å². The molecule has 1 N–H and O–H groups in total. The van der Waals surface area contributed by atoms with Crippen LogP contribution in [0.25, 0.3) is 0 Å². The number of benzene rings is 1. The lowest BCUT2D eigenvalue weighted by Crippen LogP contribution is -2.45. The number of hydrogen-bond donors (Lipinski definition) is 1. The summed E-state index contributed by atoms with van der Waals surface area (Å²) in [6.07, 6.45) is 4.62. The Kier molecular flexibility index (Phi) is 6.60. The molecule has 158 valence electrons. The summed E-state index contributed by atoms with van der Waals surface area (Å²) in [5, 5.41) is 2.97. The van der Waals surface area contributed by atoms with Crippen molar-refractivity contribution >= 4 is 23.4 Å². The van der Waals surface area contributed by atoms with Gasteiger partial charge in [0.2, 0.25) is 11.8 Å². The van der Waals surface area contributed by atoms with Crippen molar-refractivity contribution in [3.8, 4) is 0 Å². The quantitative estimate of drug-likeness (QED) is 0.845. The second-order valence-corrected chi connectivity index (χ2v) is 9.24. The fourth-order valence-corrected chi connectivity index (χ4v) is 4.07. The molecule has 29 heavy (non-hydrogen) atoms. The molecule has 2 saturated heterocycles. The zero-order valence-electron chi connectivity index (χ0n) is 17.9. The van der Waals surface area contributed by atoms with Crippen LogP contribution in [-0.2, 0) is 9.59 Å². The Morgan fingerprint density at radius 3 is 2.21 bits per heavy atom. The number of nitrogens with one attached hydrogen (secondary N) is 1. The van der Waals surface area contributed by atoms with Gasteiger partial charge in [0.05, 0.1) is 0 Å². The molecule has 0 aromatic heterocycles. The van der Waals surface area contributed by atoms with Gasteiger partial charge in [-0.25, -0.2) is 0 Å². The highest BCUT2D eigenvalue weighted by atomic mass is 16.2. The maximum atomic E-state index is 12.7. The van der Waals surface area contributed by atoms with Gasteiger partial charge in [-0.3, -0.25) is 14.4 Å². The molecule has 3 amide bonds. The Labute approximate surface area is 173 Å². The third kappa shape index (κ3) is 5.37. The number of rotatable bonds is 3. The first-order valence-electron chi connectivity index (χ1n) is 10.8. The molecule has 0 atom stereocenters. The molecule has 1 aromatic rings. The van der Waals surface area contributed by atoms with Gasteiger partial charge in [0.15, 0.2) is 0 Å². The summed E-state index contributed by atoms with van der Waals surface area (Å²) in [5.41, 5.74) is 0.887. The summed E-state index contributed by atoms with van der Waals surface area (Å²) in [5.74, 6) is 0.0333.